The van der Waals surface area contributed by atoms with Crippen LogP contribution in [-0.2, 0) is 6.18 Å². The number of hydrogen-bond acceptors (Lipinski definition) is 1. The normalized spacial score (nSPS) is 11.7. The number of nitrogens with one attached hydrogen (secondary N) is 1. The van der Waals surface area contributed by atoms with E-state index in [4.69, 9.17) is 0 Å². The molecule has 6 heteroatoms. The van der Waals surface area contributed by atoms with Gasteiger partial charge in [0.25, 0.3) is 5.91 Å². The van der Waals surface area contributed by atoms with Crippen molar-refractivity contribution in [2.75, 3.05) is 6.54 Å². The van der Waals surface area contributed by atoms with Crippen molar-refractivity contribution in [3.8, 4) is 0 Å². The van der Waals surface area contributed by atoms with Crippen molar-refractivity contribution in [2.24, 2.45) is 0 Å². The van der Waals surface area contributed by atoms with Crippen LogP contribution >= 0.6 is 0 Å². The molecule has 32 heavy (non-hydrogen) atoms. The highest BCUT2D eigenvalue weighted by molar-refractivity contribution is 5.94. The SMILES string of the molecule is CCCCCCCCCCCCCCCCCCNC(=O)c1ccc(C(F)(F)F)c(F)c1. The van der Waals surface area contributed by atoms with Gasteiger partial charge in [0.2, 0.25) is 0 Å². The zero-order valence-corrected chi connectivity index (χ0v) is 19.7. The number of unbranched alkanes of at least 4 members (excludes halogenated alkanes) is 15. The Morgan fingerprint density at radius 1 is 0.750 bits per heavy atom. The highest BCUT2D eigenvalue weighted by Crippen LogP contribution is 2.31. The van der Waals surface area contributed by atoms with Crippen molar-refractivity contribution in [1.29, 1.82) is 0 Å². The van der Waals surface area contributed by atoms with Crippen LogP contribution in [0.15, 0.2) is 18.2 Å². The van der Waals surface area contributed by atoms with Crippen LogP contribution in [0.4, 0.5) is 17.6 Å². The second kappa shape index (κ2) is 17.0. The van der Waals surface area contributed by atoms with Crippen molar-refractivity contribution in [1.82, 2.24) is 5.32 Å². The summed E-state index contributed by atoms with van der Waals surface area (Å²) in [6.07, 6.45) is 15.5. The van der Waals surface area contributed by atoms with Crippen molar-refractivity contribution >= 4 is 5.91 Å². The molecule has 1 aromatic rings. The molecule has 0 aliphatic rings. The smallest absolute Gasteiger partial charge is 0.352 e. The molecule has 0 radical (unpaired) electrons. The number of alkyl halides is 3. The number of benzene rings is 1. The molecule has 0 fully saturated rings. The summed E-state index contributed by atoms with van der Waals surface area (Å²) in [5, 5.41) is 2.65. The molecule has 0 aromatic heterocycles. The van der Waals surface area contributed by atoms with Gasteiger partial charge < -0.3 is 5.32 Å². The number of carbonyl (C=O) groups is 1. The van der Waals surface area contributed by atoms with Crippen LogP contribution in [0.3, 0.4) is 0 Å². The quantitative estimate of drug-likeness (QED) is 0.172. The fourth-order valence-corrected chi connectivity index (χ4v) is 3.86. The van der Waals surface area contributed by atoms with Crippen LogP contribution in [0.5, 0.6) is 0 Å². The summed E-state index contributed by atoms with van der Waals surface area (Å²) in [4.78, 5) is 12.0. The van der Waals surface area contributed by atoms with Crippen molar-refractivity contribution in [2.45, 2.75) is 116 Å². The van der Waals surface area contributed by atoms with Gasteiger partial charge in [0.05, 0.1) is 5.56 Å². The average molecular weight is 460 g/mol. The van der Waals surface area contributed by atoms with E-state index < -0.39 is 23.5 Å². The van der Waals surface area contributed by atoms with E-state index in [9.17, 15) is 22.4 Å². The first-order valence-corrected chi connectivity index (χ1v) is 12.5. The summed E-state index contributed by atoms with van der Waals surface area (Å²) < 4.78 is 51.3. The Balaban J connectivity index is 1.95. The van der Waals surface area contributed by atoms with Gasteiger partial charge in [-0.3, -0.25) is 4.79 Å². The average Bonchev–Trinajstić information content (AvgIpc) is 2.74. The minimum absolute atomic E-state index is 0.0907. The molecule has 1 aromatic carbocycles. The molecule has 2 nitrogen and oxygen atoms in total. The minimum atomic E-state index is -4.76. The molecule has 1 amide bonds. The molecule has 0 saturated carbocycles. The van der Waals surface area contributed by atoms with Gasteiger partial charge in [0, 0.05) is 12.1 Å². The van der Waals surface area contributed by atoms with E-state index in [1.165, 1.54) is 83.5 Å². The Labute approximate surface area is 191 Å². The first-order chi connectivity index (χ1) is 15.4. The Kier molecular flexibility index (Phi) is 15.1. The highest BCUT2D eigenvalue weighted by atomic mass is 19.4. The van der Waals surface area contributed by atoms with Crippen LogP contribution in [0, 0.1) is 5.82 Å². The van der Waals surface area contributed by atoms with Gasteiger partial charge in [-0.1, -0.05) is 103 Å². The van der Waals surface area contributed by atoms with E-state index >= 15 is 0 Å². The Bertz CT molecular complexity index is 631. The third-order valence-electron chi connectivity index (χ3n) is 5.85. The van der Waals surface area contributed by atoms with Crippen LogP contribution in [0.2, 0.25) is 0 Å². The van der Waals surface area contributed by atoms with Gasteiger partial charge >= 0.3 is 6.18 Å². The van der Waals surface area contributed by atoms with E-state index in [0.29, 0.717) is 18.7 Å². The molecule has 0 heterocycles. The molecule has 0 aliphatic heterocycles. The van der Waals surface area contributed by atoms with E-state index in [0.717, 1.165) is 25.3 Å². The zero-order valence-electron chi connectivity index (χ0n) is 19.7. The maximum Gasteiger partial charge on any atom is 0.419 e. The number of hydrogen-bond donors (Lipinski definition) is 1. The summed E-state index contributed by atoms with van der Waals surface area (Å²) in [7, 11) is 0. The van der Waals surface area contributed by atoms with Gasteiger partial charge in [-0.2, -0.15) is 13.2 Å². The van der Waals surface area contributed by atoms with E-state index in [-0.39, 0.29) is 5.56 Å². The lowest BCUT2D eigenvalue weighted by Crippen LogP contribution is -2.24. The predicted molar refractivity (Wildman–Crippen MR) is 123 cm³/mol. The summed E-state index contributed by atoms with van der Waals surface area (Å²) in [5.41, 5.74) is -1.45. The molecule has 0 aliphatic carbocycles. The Morgan fingerprint density at radius 3 is 1.59 bits per heavy atom. The third-order valence-corrected chi connectivity index (χ3v) is 5.85. The lowest BCUT2D eigenvalue weighted by molar-refractivity contribution is -0.140. The van der Waals surface area contributed by atoms with Crippen LogP contribution < -0.4 is 5.32 Å². The summed E-state index contributed by atoms with van der Waals surface area (Å²) in [6, 6.07) is 2.26. The standard InChI is InChI=1S/C26H41F4NO/c1-2-3-4-5-6-7-8-9-10-11-12-13-14-15-16-17-20-31-25(32)22-18-19-23(24(27)21-22)26(28,29)30/h18-19,21H,2-17,20H2,1H3,(H,31,32). The van der Waals surface area contributed by atoms with Gasteiger partial charge in [-0.05, 0) is 24.6 Å². The lowest BCUT2D eigenvalue weighted by Gasteiger charge is -2.10. The van der Waals surface area contributed by atoms with E-state index in [1.54, 1.807) is 0 Å². The van der Waals surface area contributed by atoms with Crippen molar-refractivity contribution in [3.05, 3.63) is 35.1 Å². The number of rotatable bonds is 18. The maximum atomic E-state index is 13.6. The fourth-order valence-electron chi connectivity index (χ4n) is 3.86. The molecular weight excluding hydrogens is 418 g/mol. The Hall–Kier alpha value is -1.59. The van der Waals surface area contributed by atoms with Crippen LogP contribution in [0.1, 0.15) is 126 Å². The van der Waals surface area contributed by atoms with Gasteiger partial charge in [0.15, 0.2) is 0 Å². The minimum Gasteiger partial charge on any atom is -0.352 e. The number of carbonyl (C=O) groups excluding carboxylic acids is 1. The second-order valence-corrected chi connectivity index (χ2v) is 8.75. The first kappa shape index (κ1) is 28.4. The monoisotopic (exact) mass is 459 g/mol. The predicted octanol–water partition coefficient (Wildman–Crippen LogP) is 8.84. The lowest BCUT2D eigenvalue weighted by atomic mass is 10.0. The Morgan fingerprint density at radius 2 is 1.19 bits per heavy atom. The van der Waals surface area contributed by atoms with Gasteiger partial charge in [-0.15, -0.1) is 0 Å². The van der Waals surface area contributed by atoms with Crippen molar-refractivity contribution in [3.63, 3.8) is 0 Å². The van der Waals surface area contributed by atoms with Crippen LogP contribution in [0.25, 0.3) is 0 Å². The second-order valence-electron chi connectivity index (χ2n) is 8.75. The summed E-state index contributed by atoms with van der Waals surface area (Å²) in [5.74, 6) is -1.97. The molecule has 184 valence electrons. The number of halogens is 4. The zero-order chi connectivity index (χ0) is 23.7. The fraction of sp³-hybridized carbons (Fsp3) is 0.731. The molecule has 0 unspecified atom stereocenters. The largest absolute Gasteiger partial charge is 0.419 e. The molecule has 0 spiro atoms. The van der Waals surface area contributed by atoms with Gasteiger partial charge in [-0.25, -0.2) is 4.39 Å². The topological polar surface area (TPSA) is 29.1 Å². The van der Waals surface area contributed by atoms with Gasteiger partial charge in [0.1, 0.15) is 5.82 Å². The highest BCUT2D eigenvalue weighted by Gasteiger charge is 2.34. The third kappa shape index (κ3) is 13.1. The number of amides is 1. The molecule has 0 saturated heterocycles. The summed E-state index contributed by atoms with van der Waals surface area (Å²) >= 11 is 0. The molecule has 0 bridgehead atoms. The summed E-state index contributed by atoms with van der Waals surface area (Å²) in [6.45, 7) is 2.69. The maximum absolute atomic E-state index is 13.6. The molecule has 1 rings (SSSR count). The van der Waals surface area contributed by atoms with Crippen LogP contribution in [-0.4, -0.2) is 12.5 Å². The first-order valence-electron chi connectivity index (χ1n) is 12.5. The molecule has 1 N–H and O–H groups in total. The van der Waals surface area contributed by atoms with E-state index in [1.807, 2.05) is 0 Å². The van der Waals surface area contributed by atoms with E-state index in [2.05, 4.69) is 12.2 Å². The molecular formula is C26H41F4NO. The molecule has 0 atom stereocenters. The van der Waals surface area contributed by atoms with Crippen molar-refractivity contribution < 1.29 is 22.4 Å².